The third-order valence-corrected chi connectivity index (χ3v) is 2.48. The fraction of sp³-hybridized carbons (Fsp3) is 0.833. The molecule has 0 amide bonds. The van der Waals surface area contributed by atoms with Crippen molar-refractivity contribution in [2.45, 2.75) is 52.6 Å². The lowest BCUT2D eigenvalue weighted by atomic mass is 10.1. The predicted molar refractivity (Wildman–Crippen MR) is 66.5 cm³/mol. The maximum Gasteiger partial charge on any atom is 0.265 e. The van der Waals surface area contributed by atoms with Gasteiger partial charge < -0.3 is 0 Å². The molecule has 0 unspecified atom stereocenters. The molecule has 3 nitrogen and oxygen atoms in total. The molecule has 16 heavy (non-hydrogen) atoms. The molecule has 94 valence electrons. The van der Waals surface area contributed by atoms with Crippen LogP contribution in [0.2, 0.25) is 0 Å². The molecule has 0 N–H and O–H groups in total. The van der Waals surface area contributed by atoms with E-state index in [2.05, 4.69) is 18.8 Å². The summed E-state index contributed by atoms with van der Waals surface area (Å²) in [4.78, 5) is 0. The van der Waals surface area contributed by atoms with Gasteiger partial charge in [-0.2, -0.15) is 8.42 Å². The van der Waals surface area contributed by atoms with Crippen LogP contribution < -0.4 is 0 Å². The van der Waals surface area contributed by atoms with Crippen LogP contribution in [0.4, 0.5) is 0 Å². The fourth-order valence-corrected chi connectivity index (χ4v) is 1.76. The highest BCUT2D eigenvalue weighted by Crippen LogP contribution is 2.10. The lowest BCUT2D eigenvalue weighted by Crippen LogP contribution is -2.17. The van der Waals surface area contributed by atoms with E-state index in [9.17, 15) is 8.42 Å². The van der Waals surface area contributed by atoms with Crippen LogP contribution in [0, 0.1) is 17.8 Å². The highest BCUT2D eigenvalue weighted by molar-refractivity contribution is 7.86. The molecule has 0 fully saturated rings. The minimum atomic E-state index is -3.41. The molecule has 0 saturated heterocycles. The Morgan fingerprint density at radius 3 is 2.38 bits per heavy atom. The summed E-state index contributed by atoms with van der Waals surface area (Å²) in [6.45, 7) is 6.14. The Morgan fingerprint density at radius 1 is 1.31 bits per heavy atom. The van der Waals surface area contributed by atoms with Crippen molar-refractivity contribution in [3.63, 3.8) is 0 Å². The molecule has 0 aliphatic carbocycles. The lowest BCUT2D eigenvalue weighted by Gasteiger charge is -2.12. The van der Waals surface area contributed by atoms with Crippen molar-refractivity contribution >= 4 is 10.1 Å². The number of rotatable bonds is 6. The first-order valence-corrected chi connectivity index (χ1v) is 7.53. The molecule has 1 atom stereocenters. The van der Waals surface area contributed by atoms with E-state index in [4.69, 9.17) is 4.18 Å². The molecular formula is C12H22O3S. The third kappa shape index (κ3) is 10.0. The van der Waals surface area contributed by atoms with Crippen LogP contribution in [-0.4, -0.2) is 20.8 Å². The predicted octanol–water partition coefficient (Wildman–Crippen LogP) is 2.57. The molecule has 0 radical (unpaired) electrons. The van der Waals surface area contributed by atoms with Gasteiger partial charge in [0.2, 0.25) is 0 Å². The van der Waals surface area contributed by atoms with Gasteiger partial charge in [-0.25, -0.2) is 0 Å². The summed E-state index contributed by atoms with van der Waals surface area (Å²) < 4.78 is 27.0. The molecule has 0 saturated carbocycles. The SMILES string of the molecule is CCCCC#C[C@H](CC(C)C)OS(C)(=O)=O. The van der Waals surface area contributed by atoms with E-state index in [1.54, 1.807) is 0 Å². The first kappa shape index (κ1) is 15.5. The minimum Gasteiger partial charge on any atom is -0.254 e. The topological polar surface area (TPSA) is 43.4 Å². The zero-order valence-electron chi connectivity index (χ0n) is 10.6. The van der Waals surface area contributed by atoms with Gasteiger partial charge in [-0.3, -0.25) is 4.18 Å². The third-order valence-electron chi connectivity index (χ3n) is 1.89. The zero-order chi connectivity index (χ0) is 12.6. The standard InChI is InChI=1S/C12H22O3S/c1-5-6-7-8-9-12(10-11(2)3)15-16(4,13)14/h11-12H,5-7,10H2,1-4H3/t12-/m1/s1. The summed E-state index contributed by atoms with van der Waals surface area (Å²) in [5.41, 5.74) is 0. The van der Waals surface area contributed by atoms with Crippen LogP contribution in [0.25, 0.3) is 0 Å². The highest BCUT2D eigenvalue weighted by atomic mass is 32.2. The van der Waals surface area contributed by atoms with Crippen molar-refractivity contribution in [3.05, 3.63) is 0 Å². The summed E-state index contributed by atoms with van der Waals surface area (Å²) in [5.74, 6) is 6.23. The van der Waals surface area contributed by atoms with E-state index in [0.717, 1.165) is 25.5 Å². The molecule has 0 bridgehead atoms. The normalized spacial score (nSPS) is 13.3. The molecule has 0 aromatic rings. The van der Waals surface area contributed by atoms with Crippen LogP contribution in [0.1, 0.15) is 46.5 Å². The van der Waals surface area contributed by atoms with E-state index in [1.165, 1.54) is 0 Å². The van der Waals surface area contributed by atoms with Crippen molar-refractivity contribution in [1.82, 2.24) is 0 Å². The average Bonchev–Trinajstić information content (AvgIpc) is 2.08. The van der Waals surface area contributed by atoms with E-state index in [0.29, 0.717) is 12.3 Å². The van der Waals surface area contributed by atoms with Crippen molar-refractivity contribution in [2.24, 2.45) is 5.92 Å². The molecule has 0 aliphatic rings. The zero-order valence-corrected chi connectivity index (χ0v) is 11.4. The van der Waals surface area contributed by atoms with Gasteiger partial charge in [0.1, 0.15) is 6.10 Å². The Bertz CT molecular complexity index is 333. The van der Waals surface area contributed by atoms with Crippen molar-refractivity contribution in [1.29, 1.82) is 0 Å². The molecule has 0 heterocycles. The van der Waals surface area contributed by atoms with E-state index >= 15 is 0 Å². The van der Waals surface area contributed by atoms with Crippen molar-refractivity contribution < 1.29 is 12.6 Å². The Labute approximate surface area is 99.7 Å². The minimum absolute atomic E-state index is 0.368. The second-order valence-corrected chi connectivity index (χ2v) is 5.94. The molecule has 0 spiro atoms. The summed E-state index contributed by atoms with van der Waals surface area (Å²) in [5, 5.41) is 0. The number of hydrogen-bond donors (Lipinski definition) is 0. The van der Waals surface area contributed by atoms with Gasteiger partial charge in [0.15, 0.2) is 0 Å². The molecule has 0 aliphatic heterocycles. The van der Waals surface area contributed by atoms with Gasteiger partial charge in [-0.15, -0.1) is 5.92 Å². The van der Waals surface area contributed by atoms with Gasteiger partial charge in [0, 0.05) is 6.42 Å². The van der Waals surface area contributed by atoms with Crippen LogP contribution in [0.3, 0.4) is 0 Å². The lowest BCUT2D eigenvalue weighted by molar-refractivity contribution is 0.237. The molecule has 4 heteroatoms. The van der Waals surface area contributed by atoms with Gasteiger partial charge in [0.05, 0.1) is 6.26 Å². The quantitative estimate of drug-likeness (QED) is 0.411. The number of hydrogen-bond acceptors (Lipinski definition) is 3. The van der Waals surface area contributed by atoms with E-state index in [1.807, 2.05) is 13.8 Å². The maximum atomic E-state index is 11.0. The average molecular weight is 246 g/mol. The second kappa shape index (κ2) is 7.70. The van der Waals surface area contributed by atoms with Crippen LogP contribution in [-0.2, 0) is 14.3 Å². The van der Waals surface area contributed by atoms with Crippen molar-refractivity contribution in [2.75, 3.05) is 6.26 Å². The van der Waals surface area contributed by atoms with Gasteiger partial charge in [0.25, 0.3) is 10.1 Å². The summed E-state index contributed by atoms with van der Waals surface area (Å²) in [6.07, 6.45) is 4.15. The summed E-state index contributed by atoms with van der Waals surface area (Å²) >= 11 is 0. The molecular weight excluding hydrogens is 224 g/mol. The Balaban J connectivity index is 4.35. The number of unbranched alkanes of at least 4 members (excludes halogenated alkanes) is 2. The van der Waals surface area contributed by atoms with Crippen LogP contribution in [0.15, 0.2) is 0 Å². The Hall–Kier alpha value is -0.530. The summed E-state index contributed by atoms with van der Waals surface area (Å²) in [7, 11) is -3.41. The first-order chi connectivity index (χ1) is 7.35. The van der Waals surface area contributed by atoms with E-state index in [-0.39, 0.29) is 0 Å². The van der Waals surface area contributed by atoms with Gasteiger partial charge in [-0.1, -0.05) is 33.1 Å². The molecule has 0 aromatic heterocycles. The molecule has 0 rings (SSSR count). The Kier molecular flexibility index (Phi) is 7.44. The van der Waals surface area contributed by atoms with Gasteiger partial charge in [-0.05, 0) is 18.8 Å². The summed E-state index contributed by atoms with van der Waals surface area (Å²) in [6, 6.07) is 0. The second-order valence-electron chi connectivity index (χ2n) is 4.34. The largest absolute Gasteiger partial charge is 0.265 e. The van der Waals surface area contributed by atoms with Gasteiger partial charge >= 0.3 is 0 Å². The monoisotopic (exact) mass is 246 g/mol. The maximum absolute atomic E-state index is 11.0. The molecule has 0 aromatic carbocycles. The van der Waals surface area contributed by atoms with Crippen molar-refractivity contribution in [3.8, 4) is 11.8 Å². The first-order valence-electron chi connectivity index (χ1n) is 5.71. The smallest absolute Gasteiger partial charge is 0.254 e. The highest BCUT2D eigenvalue weighted by Gasteiger charge is 2.14. The van der Waals surface area contributed by atoms with Crippen LogP contribution in [0.5, 0.6) is 0 Å². The van der Waals surface area contributed by atoms with Crippen LogP contribution >= 0.6 is 0 Å². The van der Waals surface area contributed by atoms with E-state index < -0.39 is 16.2 Å². The Morgan fingerprint density at radius 2 is 1.94 bits per heavy atom. The fourth-order valence-electron chi connectivity index (χ4n) is 1.21.